The number of carbonyl (C=O) groups is 3. The summed E-state index contributed by atoms with van der Waals surface area (Å²) in [5.74, 6) is -0.678. The Balaban J connectivity index is 3.01. The predicted octanol–water partition coefficient (Wildman–Crippen LogP) is 2.43. The zero-order chi connectivity index (χ0) is 18.3. The number of rotatable bonds is 8. The van der Waals surface area contributed by atoms with Crippen LogP contribution < -0.4 is 5.32 Å². The van der Waals surface area contributed by atoms with Gasteiger partial charge in [-0.2, -0.15) is 0 Å². The molecule has 0 radical (unpaired) electrons. The number of esters is 1. The van der Waals surface area contributed by atoms with Gasteiger partial charge in [0.2, 0.25) is 0 Å². The fourth-order valence-electron chi connectivity index (χ4n) is 2.61. The van der Waals surface area contributed by atoms with Crippen LogP contribution in [-0.4, -0.2) is 53.9 Å². The van der Waals surface area contributed by atoms with Crippen molar-refractivity contribution in [2.75, 3.05) is 26.2 Å². The number of H-pyrrole nitrogens is 1. The molecular weight excluding hydrogens is 310 g/mol. The van der Waals surface area contributed by atoms with Gasteiger partial charge in [-0.1, -0.05) is 6.92 Å². The van der Waals surface area contributed by atoms with E-state index < -0.39 is 5.97 Å². The zero-order valence-electron chi connectivity index (χ0n) is 15.1. The molecule has 24 heavy (non-hydrogen) atoms. The van der Waals surface area contributed by atoms with Gasteiger partial charge in [-0.05, 0) is 39.7 Å². The third kappa shape index (κ3) is 4.59. The summed E-state index contributed by atoms with van der Waals surface area (Å²) in [6.45, 7) is 10.2. The van der Waals surface area contributed by atoms with Crippen LogP contribution in [0.3, 0.4) is 0 Å². The number of urea groups is 1. The molecule has 1 heterocycles. The van der Waals surface area contributed by atoms with Crippen LogP contribution in [-0.2, 0) is 4.74 Å². The van der Waals surface area contributed by atoms with Crippen molar-refractivity contribution < 1.29 is 19.1 Å². The van der Waals surface area contributed by atoms with Gasteiger partial charge >= 0.3 is 12.0 Å². The first-order chi connectivity index (χ1) is 11.4. The largest absolute Gasteiger partial charge is 0.461 e. The number of aromatic amines is 1. The van der Waals surface area contributed by atoms with E-state index >= 15 is 0 Å². The molecule has 0 atom stereocenters. The zero-order valence-corrected chi connectivity index (χ0v) is 15.1. The minimum absolute atomic E-state index is 0.0263. The van der Waals surface area contributed by atoms with Crippen LogP contribution in [0.1, 0.15) is 59.3 Å². The van der Waals surface area contributed by atoms with Crippen LogP contribution >= 0.6 is 0 Å². The molecule has 1 aromatic rings. The Morgan fingerprint density at radius 2 is 1.83 bits per heavy atom. The highest BCUT2D eigenvalue weighted by molar-refractivity contribution is 6.04. The van der Waals surface area contributed by atoms with E-state index in [0.29, 0.717) is 29.9 Å². The summed E-state index contributed by atoms with van der Waals surface area (Å²) in [4.78, 5) is 41.1. The van der Waals surface area contributed by atoms with E-state index in [-0.39, 0.29) is 30.7 Å². The molecule has 0 unspecified atom stereocenters. The number of nitrogens with one attached hydrogen (secondary N) is 2. The number of ketones is 1. The van der Waals surface area contributed by atoms with Crippen LogP contribution in [0, 0.1) is 13.8 Å². The second kappa shape index (κ2) is 9.10. The first-order valence-electron chi connectivity index (χ1n) is 8.29. The van der Waals surface area contributed by atoms with E-state index in [9.17, 15) is 14.4 Å². The SMILES string of the molecule is CCCN(CC(=O)c1c(C)[nH]c(C(=O)OCC)c1C)C(=O)NCC. The molecule has 0 aliphatic rings. The van der Waals surface area contributed by atoms with Gasteiger partial charge in [0.25, 0.3) is 0 Å². The minimum Gasteiger partial charge on any atom is -0.461 e. The number of ether oxygens (including phenoxy) is 1. The highest BCUT2D eigenvalue weighted by Crippen LogP contribution is 2.20. The summed E-state index contributed by atoms with van der Waals surface area (Å²) in [7, 11) is 0. The number of nitrogens with zero attached hydrogens (tertiary/aromatic N) is 1. The van der Waals surface area contributed by atoms with Gasteiger partial charge in [0.05, 0.1) is 13.2 Å². The number of amides is 2. The first-order valence-corrected chi connectivity index (χ1v) is 8.29. The van der Waals surface area contributed by atoms with Crippen molar-refractivity contribution in [2.45, 2.75) is 41.0 Å². The molecule has 0 aliphatic heterocycles. The summed E-state index contributed by atoms with van der Waals surface area (Å²) >= 11 is 0. The van der Waals surface area contributed by atoms with Gasteiger partial charge in [-0.25, -0.2) is 9.59 Å². The van der Waals surface area contributed by atoms with Crippen molar-refractivity contribution in [2.24, 2.45) is 0 Å². The highest BCUT2D eigenvalue weighted by Gasteiger charge is 2.25. The lowest BCUT2D eigenvalue weighted by molar-refractivity contribution is 0.0519. The molecule has 1 aromatic heterocycles. The van der Waals surface area contributed by atoms with Gasteiger partial charge in [0.1, 0.15) is 5.69 Å². The number of Topliss-reactive ketones (excluding diaryl/α,β-unsaturated/α-hetero) is 1. The Hall–Kier alpha value is -2.31. The molecule has 0 spiro atoms. The normalized spacial score (nSPS) is 10.4. The molecule has 1 rings (SSSR count). The lowest BCUT2D eigenvalue weighted by atomic mass is 10.1. The molecule has 7 nitrogen and oxygen atoms in total. The van der Waals surface area contributed by atoms with E-state index in [2.05, 4.69) is 10.3 Å². The lowest BCUT2D eigenvalue weighted by Gasteiger charge is -2.21. The first kappa shape index (κ1) is 19.7. The van der Waals surface area contributed by atoms with Gasteiger partial charge in [-0.15, -0.1) is 0 Å². The second-order valence-corrected chi connectivity index (χ2v) is 5.53. The van der Waals surface area contributed by atoms with E-state index in [4.69, 9.17) is 4.74 Å². The minimum atomic E-state index is -0.480. The van der Waals surface area contributed by atoms with Crippen LogP contribution in [0.25, 0.3) is 0 Å². The van der Waals surface area contributed by atoms with Crippen LogP contribution in [0.15, 0.2) is 0 Å². The van der Waals surface area contributed by atoms with Gasteiger partial charge < -0.3 is 19.9 Å². The molecular formula is C17H27N3O4. The summed E-state index contributed by atoms with van der Waals surface area (Å²) in [6.07, 6.45) is 0.754. The number of hydrogen-bond donors (Lipinski definition) is 2. The Morgan fingerprint density at radius 3 is 2.38 bits per heavy atom. The van der Waals surface area contributed by atoms with Crippen molar-refractivity contribution in [1.29, 1.82) is 0 Å². The topological polar surface area (TPSA) is 91.5 Å². The summed E-state index contributed by atoms with van der Waals surface area (Å²) in [5, 5.41) is 2.71. The molecule has 0 saturated carbocycles. The van der Waals surface area contributed by atoms with Crippen molar-refractivity contribution in [3.05, 3.63) is 22.5 Å². The van der Waals surface area contributed by atoms with Crippen molar-refractivity contribution >= 4 is 17.8 Å². The summed E-state index contributed by atoms with van der Waals surface area (Å²) < 4.78 is 4.99. The lowest BCUT2D eigenvalue weighted by Crippen LogP contribution is -2.43. The molecule has 0 aromatic carbocycles. The van der Waals surface area contributed by atoms with Crippen molar-refractivity contribution in [3.63, 3.8) is 0 Å². The quantitative estimate of drug-likeness (QED) is 0.563. The number of hydrogen-bond acceptors (Lipinski definition) is 4. The molecule has 0 bridgehead atoms. The standard InChI is InChI=1S/C17H27N3O4/c1-6-9-20(17(23)18-7-2)10-13(21)14-11(4)15(19-12(14)5)16(22)24-8-3/h19H,6-10H2,1-5H3,(H,18,23). The third-order valence-electron chi connectivity index (χ3n) is 3.64. The smallest absolute Gasteiger partial charge is 0.355 e. The highest BCUT2D eigenvalue weighted by atomic mass is 16.5. The monoisotopic (exact) mass is 337 g/mol. The van der Waals surface area contributed by atoms with Crippen LogP contribution in [0.4, 0.5) is 4.79 Å². The Bertz CT molecular complexity index is 607. The molecule has 2 N–H and O–H groups in total. The maximum Gasteiger partial charge on any atom is 0.355 e. The van der Waals surface area contributed by atoms with Crippen LogP contribution in [0.2, 0.25) is 0 Å². The van der Waals surface area contributed by atoms with E-state index in [1.165, 1.54) is 4.90 Å². The van der Waals surface area contributed by atoms with Crippen LogP contribution in [0.5, 0.6) is 0 Å². The molecule has 0 saturated heterocycles. The Labute approximate surface area is 142 Å². The summed E-state index contributed by atoms with van der Waals surface area (Å²) in [6, 6.07) is -0.260. The average Bonchev–Trinajstić information content (AvgIpc) is 2.82. The van der Waals surface area contributed by atoms with E-state index in [0.717, 1.165) is 6.42 Å². The number of aryl methyl sites for hydroxylation is 1. The maximum atomic E-state index is 12.7. The van der Waals surface area contributed by atoms with E-state index in [1.807, 2.05) is 13.8 Å². The molecule has 0 fully saturated rings. The fraction of sp³-hybridized carbons (Fsp3) is 0.588. The number of carbonyl (C=O) groups excluding carboxylic acids is 3. The predicted molar refractivity (Wildman–Crippen MR) is 91.5 cm³/mol. The molecule has 0 aliphatic carbocycles. The molecule has 7 heteroatoms. The Morgan fingerprint density at radius 1 is 1.17 bits per heavy atom. The third-order valence-corrected chi connectivity index (χ3v) is 3.64. The molecule has 134 valence electrons. The van der Waals surface area contributed by atoms with E-state index in [1.54, 1.807) is 20.8 Å². The van der Waals surface area contributed by atoms with Gasteiger partial charge in [0.15, 0.2) is 5.78 Å². The fourth-order valence-corrected chi connectivity index (χ4v) is 2.61. The van der Waals surface area contributed by atoms with Gasteiger partial charge in [0, 0.05) is 24.3 Å². The van der Waals surface area contributed by atoms with Crippen molar-refractivity contribution in [3.8, 4) is 0 Å². The number of aromatic nitrogens is 1. The van der Waals surface area contributed by atoms with Gasteiger partial charge in [-0.3, -0.25) is 4.79 Å². The second-order valence-electron chi connectivity index (χ2n) is 5.53. The van der Waals surface area contributed by atoms with Crippen molar-refractivity contribution in [1.82, 2.24) is 15.2 Å². The average molecular weight is 337 g/mol. The molecule has 2 amide bonds. The maximum absolute atomic E-state index is 12.7. The summed E-state index contributed by atoms with van der Waals surface area (Å²) in [5.41, 5.74) is 1.90. The Kier molecular flexibility index (Phi) is 7.48.